The van der Waals surface area contributed by atoms with Gasteiger partial charge in [-0.15, -0.1) is 0 Å². The van der Waals surface area contributed by atoms with Crippen molar-refractivity contribution in [2.45, 2.75) is 141 Å². The van der Waals surface area contributed by atoms with E-state index in [1.165, 1.54) is 0 Å². The Morgan fingerprint density at radius 2 is 1.69 bits per heavy atom. The molecule has 15 atom stereocenters. The van der Waals surface area contributed by atoms with E-state index in [1.807, 2.05) is 46.7 Å². The molecule has 0 aromatic rings. The van der Waals surface area contributed by atoms with Crippen molar-refractivity contribution >= 4 is 5.97 Å². The smallest absolute Gasteiger partial charge is 0.311 e. The average molecular weight is 559 g/mol. The monoisotopic (exact) mass is 558 g/mol. The van der Waals surface area contributed by atoms with Gasteiger partial charge in [-0.3, -0.25) is 9.69 Å². The molecule has 0 radical (unpaired) electrons. The number of nitrogens with zero attached hydrogens (tertiary/aromatic N) is 2. The van der Waals surface area contributed by atoms with Crippen LogP contribution in [0.1, 0.15) is 74.7 Å². The van der Waals surface area contributed by atoms with Crippen molar-refractivity contribution in [3.63, 3.8) is 0 Å². The molecule has 10 heteroatoms. The van der Waals surface area contributed by atoms with Crippen LogP contribution in [0.15, 0.2) is 0 Å². The standard InChI is InChI=1S/C29H54N2O8/c1-11-21-29(8,36)24-19(6)31(24)14-15(2)13-28(7,35)25(17(4)22(32)18(5)26(34)38-21)39-27-23(33)20(30(9)10)12-16(3)37-27/h15-25,27,32-33,35-36H,11-14H2,1-10H3/t15-,16-,17+,18-,19?,20+,21-,22+,23-,24?,25-,27+,28+,29-,31?/m1/s1. The summed E-state index contributed by atoms with van der Waals surface area (Å²) in [5.41, 5.74) is -2.68. The number of esters is 1. The Kier molecular flexibility index (Phi) is 10.2. The second-order valence-corrected chi connectivity index (χ2v) is 13.4. The van der Waals surface area contributed by atoms with Gasteiger partial charge >= 0.3 is 5.97 Å². The van der Waals surface area contributed by atoms with Crippen molar-refractivity contribution in [2.24, 2.45) is 17.8 Å². The number of hydrogen-bond donors (Lipinski definition) is 4. The van der Waals surface area contributed by atoms with Crippen LogP contribution in [0, 0.1) is 17.8 Å². The number of hydrogen-bond acceptors (Lipinski definition) is 10. The van der Waals surface area contributed by atoms with Crippen LogP contribution in [0.25, 0.3) is 0 Å². The van der Waals surface area contributed by atoms with Crippen molar-refractivity contribution in [1.82, 2.24) is 9.80 Å². The van der Waals surface area contributed by atoms with Crippen LogP contribution in [-0.2, 0) is 19.0 Å². The van der Waals surface area contributed by atoms with Gasteiger partial charge in [0.05, 0.1) is 35.9 Å². The number of likely N-dealkylation sites (N-methyl/N-ethyl adjacent to an activating group) is 1. The number of carbonyl (C=O) groups excluding carboxylic acids is 1. The van der Waals surface area contributed by atoms with E-state index in [4.69, 9.17) is 14.2 Å². The number of aliphatic hydroxyl groups is 4. The van der Waals surface area contributed by atoms with Crippen molar-refractivity contribution in [3.8, 4) is 0 Å². The van der Waals surface area contributed by atoms with Gasteiger partial charge < -0.3 is 39.5 Å². The van der Waals surface area contributed by atoms with Gasteiger partial charge in [0.25, 0.3) is 0 Å². The summed E-state index contributed by atoms with van der Waals surface area (Å²) in [5, 5.41) is 45.9. The maximum Gasteiger partial charge on any atom is 0.311 e. The molecule has 228 valence electrons. The minimum atomic E-state index is -1.42. The van der Waals surface area contributed by atoms with Crippen molar-refractivity contribution in [3.05, 3.63) is 0 Å². The number of carbonyl (C=O) groups is 1. The first-order valence-corrected chi connectivity index (χ1v) is 14.7. The number of rotatable bonds is 4. The lowest BCUT2D eigenvalue weighted by atomic mass is 9.78. The molecule has 0 aromatic carbocycles. The minimum Gasteiger partial charge on any atom is -0.459 e. The Morgan fingerprint density at radius 1 is 1.08 bits per heavy atom. The summed E-state index contributed by atoms with van der Waals surface area (Å²) in [6.07, 6.45) is -3.63. The first-order chi connectivity index (χ1) is 17.9. The Bertz CT molecular complexity index is 838. The largest absolute Gasteiger partial charge is 0.459 e. The Labute approximate surface area is 234 Å². The van der Waals surface area contributed by atoms with Crippen LogP contribution in [0.5, 0.6) is 0 Å². The first-order valence-electron chi connectivity index (χ1n) is 14.7. The van der Waals surface area contributed by atoms with Crippen LogP contribution in [0.2, 0.25) is 0 Å². The molecule has 0 bridgehead atoms. The van der Waals surface area contributed by atoms with Crippen LogP contribution < -0.4 is 0 Å². The molecule has 3 rings (SSSR count). The lowest BCUT2D eigenvalue weighted by Gasteiger charge is -2.46. The quantitative estimate of drug-likeness (QED) is 0.296. The summed E-state index contributed by atoms with van der Waals surface area (Å²) in [6.45, 7) is 15.2. The average Bonchev–Trinajstić information content (AvgIpc) is 3.48. The third-order valence-corrected chi connectivity index (χ3v) is 9.48. The fourth-order valence-electron chi connectivity index (χ4n) is 7.22. The molecule has 3 fully saturated rings. The zero-order valence-corrected chi connectivity index (χ0v) is 25.6. The van der Waals surface area contributed by atoms with Gasteiger partial charge in [0, 0.05) is 24.5 Å². The third-order valence-electron chi connectivity index (χ3n) is 9.48. The molecule has 3 unspecified atom stereocenters. The Morgan fingerprint density at radius 3 is 2.26 bits per heavy atom. The molecule has 0 amide bonds. The highest BCUT2D eigenvalue weighted by Crippen LogP contribution is 2.43. The fraction of sp³-hybridized carbons (Fsp3) is 0.966. The molecular weight excluding hydrogens is 504 g/mol. The van der Waals surface area contributed by atoms with Crippen molar-refractivity contribution < 1.29 is 39.4 Å². The van der Waals surface area contributed by atoms with Gasteiger partial charge in [0.15, 0.2) is 6.29 Å². The van der Waals surface area contributed by atoms with Gasteiger partial charge in [0.1, 0.15) is 17.8 Å². The molecule has 3 heterocycles. The topological polar surface area (TPSA) is 132 Å². The first kappa shape index (κ1) is 32.7. The van der Waals surface area contributed by atoms with Gasteiger partial charge in [-0.1, -0.05) is 20.8 Å². The molecule has 10 nitrogen and oxygen atoms in total. The van der Waals surface area contributed by atoms with Crippen molar-refractivity contribution in [2.75, 3.05) is 20.6 Å². The molecule has 0 aromatic heterocycles. The number of ether oxygens (including phenoxy) is 3. The van der Waals surface area contributed by atoms with E-state index in [0.717, 1.165) is 0 Å². The second-order valence-electron chi connectivity index (χ2n) is 13.4. The van der Waals surface area contributed by atoms with E-state index in [-0.39, 0.29) is 30.1 Å². The molecule has 39 heavy (non-hydrogen) atoms. The summed E-state index contributed by atoms with van der Waals surface area (Å²) in [7, 11) is 3.79. The minimum absolute atomic E-state index is 0.0207. The summed E-state index contributed by atoms with van der Waals surface area (Å²) in [6, 6.07) is -0.295. The zero-order chi connectivity index (χ0) is 29.6. The van der Waals surface area contributed by atoms with Crippen LogP contribution >= 0.6 is 0 Å². The highest BCUT2D eigenvalue weighted by atomic mass is 16.7. The van der Waals surface area contributed by atoms with E-state index in [2.05, 4.69) is 4.90 Å². The SMILES string of the molecule is CC[C@H]1OC(=O)[C@H](C)[C@@H](O)[C@H](C)[C@@H](O[C@@H]2O[C@H](C)C[C@H](N(C)C)[C@H]2O)[C@@](C)(O)C[C@@H](C)CN2C(C)C2[C@]1(C)O. The summed E-state index contributed by atoms with van der Waals surface area (Å²) >= 11 is 0. The summed E-state index contributed by atoms with van der Waals surface area (Å²) in [5.74, 6) is -2.24. The van der Waals surface area contributed by atoms with E-state index < -0.39 is 59.7 Å². The summed E-state index contributed by atoms with van der Waals surface area (Å²) in [4.78, 5) is 17.4. The van der Waals surface area contributed by atoms with Crippen LogP contribution in [-0.4, -0.2) is 123 Å². The van der Waals surface area contributed by atoms with E-state index in [9.17, 15) is 25.2 Å². The molecule has 0 spiro atoms. The van der Waals surface area contributed by atoms with Crippen LogP contribution in [0.3, 0.4) is 0 Å². The van der Waals surface area contributed by atoms with E-state index in [1.54, 1.807) is 27.7 Å². The predicted octanol–water partition coefficient (Wildman–Crippen LogP) is 1.37. The maximum atomic E-state index is 13.2. The van der Waals surface area contributed by atoms with E-state index in [0.29, 0.717) is 25.8 Å². The number of fused-ring (bicyclic) bond motifs is 1. The molecule has 4 N–H and O–H groups in total. The molecule has 0 aliphatic carbocycles. The number of cyclic esters (lactones) is 1. The normalized spacial score (nSPS) is 52.1. The molecular formula is C29H54N2O8. The molecule has 3 aliphatic heterocycles. The molecule has 3 saturated heterocycles. The predicted molar refractivity (Wildman–Crippen MR) is 147 cm³/mol. The zero-order valence-electron chi connectivity index (χ0n) is 25.6. The second kappa shape index (κ2) is 12.2. The van der Waals surface area contributed by atoms with Gasteiger partial charge in [0.2, 0.25) is 0 Å². The lowest BCUT2D eigenvalue weighted by molar-refractivity contribution is -0.299. The Balaban J connectivity index is 1.95. The lowest BCUT2D eigenvalue weighted by Crippen LogP contribution is -2.59. The number of aliphatic hydroxyl groups excluding tert-OH is 2. The van der Waals surface area contributed by atoms with Crippen LogP contribution in [0.4, 0.5) is 0 Å². The highest BCUT2D eigenvalue weighted by Gasteiger charge is 2.59. The maximum absolute atomic E-state index is 13.2. The molecule has 0 saturated carbocycles. The third kappa shape index (κ3) is 6.80. The van der Waals surface area contributed by atoms with E-state index >= 15 is 0 Å². The van der Waals surface area contributed by atoms with Gasteiger partial charge in [-0.25, -0.2) is 0 Å². The van der Waals surface area contributed by atoms with Gasteiger partial charge in [-0.2, -0.15) is 0 Å². The summed E-state index contributed by atoms with van der Waals surface area (Å²) < 4.78 is 18.2. The fourth-order valence-corrected chi connectivity index (χ4v) is 7.22. The van der Waals surface area contributed by atoms with Crippen molar-refractivity contribution in [1.29, 1.82) is 0 Å². The Hall–Kier alpha value is -0.850. The molecule has 3 aliphatic rings. The van der Waals surface area contributed by atoms with Gasteiger partial charge in [-0.05, 0) is 73.9 Å². The highest BCUT2D eigenvalue weighted by molar-refractivity contribution is 5.73.